The van der Waals surface area contributed by atoms with Crippen molar-refractivity contribution in [3.05, 3.63) is 60.0 Å². The van der Waals surface area contributed by atoms with Crippen LogP contribution in [0.2, 0.25) is 0 Å². The molecule has 0 saturated heterocycles. The molecule has 0 N–H and O–H groups in total. The maximum atomic E-state index is 5.89. The Hall–Kier alpha value is -2.59. The number of hydrogen-bond donors (Lipinski definition) is 0. The van der Waals surface area contributed by atoms with E-state index in [0.717, 1.165) is 42.0 Å². The molecule has 0 amide bonds. The van der Waals surface area contributed by atoms with E-state index in [9.17, 15) is 0 Å². The van der Waals surface area contributed by atoms with Gasteiger partial charge in [0.15, 0.2) is 5.58 Å². The van der Waals surface area contributed by atoms with E-state index >= 15 is 0 Å². The highest BCUT2D eigenvalue weighted by Crippen LogP contribution is 2.18. The number of oxazole rings is 1. The van der Waals surface area contributed by atoms with Crippen LogP contribution in [0.25, 0.3) is 23.3 Å². The second-order valence-corrected chi connectivity index (χ2v) is 6.97. The van der Waals surface area contributed by atoms with E-state index < -0.39 is 0 Å². The fourth-order valence-electron chi connectivity index (χ4n) is 3.25. The third kappa shape index (κ3) is 5.96. The van der Waals surface area contributed by atoms with E-state index in [2.05, 4.69) is 35.9 Å². The van der Waals surface area contributed by atoms with E-state index in [-0.39, 0.29) is 0 Å². The van der Waals surface area contributed by atoms with Crippen LogP contribution in [0.3, 0.4) is 0 Å². The zero-order chi connectivity index (χ0) is 19.6. The van der Waals surface area contributed by atoms with E-state index in [1.54, 1.807) is 0 Å². The highest BCUT2D eigenvalue weighted by Gasteiger charge is 2.03. The SMILES string of the molecule is CCCN(CCC)CCCOc1ccc(C=Cc2nc3ccccc3o2)cc1. The first-order valence-electron chi connectivity index (χ1n) is 10.3. The molecule has 0 aliphatic rings. The first kappa shape index (κ1) is 20.2. The van der Waals surface area contributed by atoms with Gasteiger partial charge in [0, 0.05) is 12.6 Å². The number of fused-ring (bicyclic) bond motifs is 1. The Labute approximate surface area is 167 Å². The van der Waals surface area contributed by atoms with Gasteiger partial charge in [-0.1, -0.05) is 38.1 Å². The third-order valence-corrected chi connectivity index (χ3v) is 4.58. The maximum absolute atomic E-state index is 5.89. The number of para-hydroxylation sites is 2. The maximum Gasteiger partial charge on any atom is 0.220 e. The van der Waals surface area contributed by atoms with Gasteiger partial charge in [-0.2, -0.15) is 0 Å². The molecule has 148 valence electrons. The monoisotopic (exact) mass is 378 g/mol. The Bertz CT molecular complexity index is 829. The molecule has 0 bridgehead atoms. The van der Waals surface area contributed by atoms with Gasteiger partial charge in [-0.25, -0.2) is 4.98 Å². The Kier molecular flexibility index (Phi) is 7.68. The van der Waals surface area contributed by atoms with Crippen molar-refractivity contribution in [2.75, 3.05) is 26.2 Å². The van der Waals surface area contributed by atoms with Crippen molar-refractivity contribution < 1.29 is 9.15 Å². The van der Waals surface area contributed by atoms with Gasteiger partial charge in [0.2, 0.25) is 5.89 Å². The van der Waals surface area contributed by atoms with Crippen molar-refractivity contribution >= 4 is 23.3 Å². The number of ether oxygens (including phenoxy) is 1. The molecule has 4 nitrogen and oxygen atoms in total. The van der Waals surface area contributed by atoms with Gasteiger partial charge in [-0.15, -0.1) is 0 Å². The van der Waals surface area contributed by atoms with E-state index in [1.807, 2.05) is 48.6 Å². The second-order valence-electron chi connectivity index (χ2n) is 6.97. The highest BCUT2D eigenvalue weighted by molar-refractivity contribution is 5.75. The number of nitrogens with zero attached hydrogens (tertiary/aromatic N) is 2. The van der Waals surface area contributed by atoms with Crippen LogP contribution in [0, 0.1) is 0 Å². The number of rotatable bonds is 11. The molecular weight excluding hydrogens is 348 g/mol. The molecule has 0 atom stereocenters. The van der Waals surface area contributed by atoms with E-state index in [1.165, 1.54) is 25.9 Å². The molecule has 0 spiro atoms. The summed E-state index contributed by atoms with van der Waals surface area (Å²) in [6, 6.07) is 15.9. The summed E-state index contributed by atoms with van der Waals surface area (Å²) in [6.45, 7) is 8.68. The van der Waals surface area contributed by atoms with Gasteiger partial charge >= 0.3 is 0 Å². The quantitative estimate of drug-likeness (QED) is 0.390. The predicted octanol–water partition coefficient (Wildman–Crippen LogP) is 5.89. The van der Waals surface area contributed by atoms with Crippen molar-refractivity contribution in [2.45, 2.75) is 33.1 Å². The van der Waals surface area contributed by atoms with Gasteiger partial charge in [0.25, 0.3) is 0 Å². The van der Waals surface area contributed by atoms with Crippen molar-refractivity contribution in [3.63, 3.8) is 0 Å². The molecule has 2 aromatic carbocycles. The fraction of sp³-hybridized carbons (Fsp3) is 0.375. The summed E-state index contributed by atoms with van der Waals surface area (Å²) in [5.41, 5.74) is 2.77. The standard InChI is InChI=1S/C24H30N2O2/c1-3-16-26(17-4-2)18-7-19-27-21-13-10-20(11-14-21)12-15-24-25-22-8-5-6-9-23(22)28-24/h5-6,8-15H,3-4,7,16-19H2,1-2H3. The normalized spacial score (nSPS) is 11.7. The van der Waals surface area contributed by atoms with Crippen LogP contribution in [-0.4, -0.2) is 36.1 Å². The third-order valence-electron chi connectivity index (χ3n) is 4.58. The van der Waals surface area contributed by atoms with E-state index in [4.69, 9.17) is 9.15 Å². The molecule has 0 aliphatic carbocycles. The topological polar surface area (TPSA) is 38.5 Å². The van der Waals surface area contributed by atoms with Gasteiger partial charge in [-0.05, 0) is 68.3 Å². The minimum atomic E-state index is 0.616. The summed E-state index contributed by atoms with van der Waals surface area (Å²) in [6.07, 6.45) is 7.37. The number of aromatic nitrogens is 1. The number of benzene rings is 2. The lowest BCUT2D eigenvalue weighted by Gasteiger charge is -2.20. The number of hydrogen-bond acceptors (Lipinski definition) is 4. The molecule has 28 heavy (non-hydrogen) atoms. The van der Waals surface area contributed by atoms with Crippen LogP contribution >= 0.6 is 0 Å². The summed E-state index contributed by atoms with van der Waals surface area (Å²) in [5, 5.41) is 0. The van der Waals surface area contributed by atoms with E-state index in [0.29, 0.717) is 5.89 Å². The van der Waals surface area contributed by atoms with Gasteiger partial charge in [0.05, 0.1) is 6.61 Å². The molecule has 1 aromatic heterocycles. The van der Waals surface area contributed by atoms with Crippen LogP contribution in [-0.2, 0) is 0 Å². The largest absolute Gasteiger partial charge is 0.494 e. The summed E-state index contributed by atoms with van der Waals surface area (Å²) < 4.78 is 11.6. The van der Waals surface area contributed by atoms with Gasteiger partial charge in [0.1, 0.15) is 11.3 Å². The summed E-state index contributed by atoms with van der Waals surface area (Å²) in [4.78, 5) is 6.97. The molecule has 3 rings (SSSR count). The van der Waals surface area contributed by atoms with Crippen LogP contribution in [0.1, 0.15) is 44.6 Å². The lowest BCUT2D eigenvalue weighted by Crippen LogP contribution is -2.27. The van der Waals surface area contributed by atoms with Crippen LogP contribution < -0.4 is 4.74 Å². The first-order valence-corrected chi connectivity index (χ1v) is 10.3. The van der Waals surface area contributed by atoms with Crippen LogP contribution in [0.5, 0.6) is 5.75 Å². The molecule has 0 radical (unpaired) electrons. The Morgan fingerprint density at radius 1 is 0.929 bits per heavy atom. The molecule has 3 aromatic rings. The molecule has 0 aliphatic heterocycles. The van der Waals surface area contributed by atoms with Crippen molar-refractivity contribution in [1.29, 1.82) is 0 Å². The summed E-state index contributed by atoms with van der Waals surface area (Å²) >= 11 is 0. The lowest BCUT2D eigenvalue weighted by atomic mass is 10.2. The Morgan fingerprint density at radius 2 is 1.68 bits per heavy atom. The summed E-state index contributed by atoms with van der Waals surface area (Å²) in [7, 11) is 0. The van der Waals surface area contributed by atoms with Crippen molar-refractivity contribution in [3.8, 4) is 5.75 Å². The highest BCUT2D eigenvalue weighted by atomic mass is 16.5. The van der Waals surface area contributed by atoms with Crippen LogP contribution in [0.4, 0.5) is 0 Å². The van der Waals surface area contributed by atoms with Gasteiger partial charge < -0.3 is 14.1 Å². The zero-order valence-corrected chi connectivity index (χ0v) is 16.9. The molecule has 1 heterocycles. The van der Waals surface area contributed by atoms with Crippen molar-refractivity contribution in [1.82, 2.24) is 9.88 Å². The Balaban J connectivity index is 1.46. The van der Waals surface area contributed by atoms with Crippen LogP contribution in [0.15, 0.2) is 52.9 Å². The molecular formula is C24H30N2O2. The zero-order valence-electron chi connectivity index (χ0n) is 16.9. The lowest BCUT2D eigenvalue weighted by molar-refractivity contribution is 0.234. The molecule has 0 unspecified atom stereocenters. The summed E-state index contributed by atoms with van der Waals surface area (Å²) in [5.74, 6) is 1.53. The molecule has 0 saturated carbocycles. The van der Waals surface area contributed by atoms with Crippen molar-refractivity contribution in [2.24, 2.45) is 0 Å². The second kappa shape index (κ2) is 10.7. The fourth-order valence-corrected chi connectivity index (χ4v) is 3.25. The average Bonchev–Trinajstić information content (AvgIpc) is 3.14. The minimum Gasteiger partial charge on any atom is -0.494 e. The average molecular weight is 379 g/mol. The smallest absolute Gasteiger partial charge is 0.220 e. The first-order chi connectivity index (χ1) is 13.8. The Morgan fingerprint density at radius 3 is 2.39 bits per heavy atom. The molecule has 0 fully saturated rings. The minimum absolute atomic E-state index is 0.616. The van der Waals surface area contributed by atoms with Gasteiger partial charge in [-0.3, -0.25) is 0 Å². The molecule has 4 heteroatoms. The predicted molar refractivity (Wildman–Crippen MR) is 117 cm³/mol.